The zero-order valence-electron chi connectivity index (χ0n) is 18.3. The van der Waals surface area contributed by atoms with Crippen LogP contribution in [0.2, 0.25) is 0 Å². The molecule has 1 saturated carbocycles. The molecule has 1 unspecified atom stereocenters. The molecule has 1 N–H and O–H groups in total. The molecule has 1 fully saturated rings. The first-order valence-electron chi connectivity index (χ1n) is 10.5. The van der Waals surface area contributed by atoms with E-state index >= 15 is 0 Å². The molecule has 2 heterocycles. The third-order valence-electron chi connectivity index (χ3n) is 6.07. The summed E-state index contributed by atoms with van der Waals surface area (Å²) in [4.78, 5) is 20.9. The van der Waals surface area contributed by atoms with Crippen LogP contribution >= 0.6 is 11.3 Å². The van der Waals surface area contributed by atoms with E-state index in [9.17, 15) is 4.79 Å². The Morgan fingerprint density at radius 2 is 1.97 bits per heavy atom. The summed E-state index contributed by atoms with van der Waals surface area (Å²) in [5.41, 5.74) is 1.48. The Bertz CT molecular complexity index is 1160. The molecule has 1 amide bonds. The summed E-state index contributed by atoms with van der Waals surface area (Å²) in [5, 5.41) is 3.65. The van der Waals surface area contributed by atoms with E-state index < -0.39 is 5.41 Å². The Labute approximate surface area is 190 Å². The lowest BCUT2D eigenvalue weighted by molar-refractivity contribution is -0.118. The van der Waals surface area contributed by atoms with Crippen molar-refractivity contribution in [3.8, 4) is 17.2 Å². The molecule has 3 aromatic rings. The van der Waals surface area contributed by atoms with Crippen molar-refractivity contribution in [1.82, 2.24) is 9.88 Å². The van der Waals surface area contributed by atoms with E-state index in [1.807, 2.05) is 56.7 Å². The highest BCUT2D eigenvalue weighted by Gasteiger charge is 2.52. The summed E-state index contributed by atoms with van der Waals surface area (Å²) in [6.45, 7) is 0.221. The van der Waals surface area contributed by atoms with Gasteiger partial charge in [0.25, 0.3) is 0 Å². The lowest BCUT2D eigenvalue weighted by Crippen LogP contribution is -2.27. The van der Waals surface area contributed by atoms with Crippen LogP contribution in [0.25, 0.3) is 0 Å². The van der Waals surface area contributed by atoms with E-state index in [2.05, 4.69) is 21.3 Å². The molecule has 1 aliphatic heterocycles. The molecule has 7 nitrogen and oxygen atoms in total. The monoisotopic (exact) mass is 451 g/mol. The van der Waals surface area contributed by atoms with Gasteiger partial charge in [-0.1, -0.05) is 35.6 Å². The molecule has 32 heavy (non-hydrogen) atoms. The Balaban J connectivity index is 1.37. The summed E-state index contributed by atoms with van der Waals surface area (Å²) in [6, 6.07) is 13.7. The van der Waals surface area contributed by atoms with E-state index in [1.165, 1.54) is 11.3 Å². The number of nitrogens with zero attached hydrogens (tertiary/aromatic N) is 2. The summed E-state index contributed by atoms with van der Waals surface area (Å²) in [6.07, 6.45) is 3.44. The highest BCUT2D eigenvalue weighted by Crippen LogP contribution is 2.51. The van der Waals surface area contributed by atoms with Gasteiger partial charge >= 0.3 is 0 Å². The highest BCUT2D eigenvalue weighted by atomic mass is 32.1. The fourth-order valence-electron chi connectivity index (χ4n) is 4.23. The van der Waals surface area contributed by atoms with Crippen molar-refractivity contribution in [2.45, 2.75) is 24.3 Å². The van der Waals surface area contributed by atoms with E-state index in [-0.39, 0.29) is 18.7 Å². The quantitative estimate of drug-likeness (QED) is 0.580. The van der Waals surface area contributed by atoms with E-state index in [0.29, 0.717) is 10.9 Å². The fraction of sp³-hybridized carbons (Fsp3) is 0.333. The van der Waals surface area contributed by atoms with Crippen LogP contribution < -0.4 is 19.5 Å². The molecule has 1 aromatic heterocycles. The molecule has 0 radical (unpaired) electrons. The van der Waals surface area contributed by atoms with Gasteiger partial charge in [0.2, 0.25) is 12.7 Å². The first-order chi connectivity index (χ1) is 15.5. The predicted octanol–water partition coefficient (Wildman–Crippen LogP) is 4.20. The second kappa shape index (κ2) is 8.11. The van der Waals surface area contributed by atoms with Gasteiger partial charge in [0.15, 0.2) is 16.6 Å². The summed E-state index contributed by atoms with van der Waals surface area (Å²) in [7, 11) is 5.72. The summed E-state index contributed by atoms with van der Waals surface area (Å²) < 4.78 is 16.5. The second-order valence-corrected chi connectivity index (χ2v) is 9.34. The number of benzene rings is 2. The zero-order chi connectivity index (χ0) is 22.3. The smallest absolute Gasteiger partial charge is 0.236 e. The fourth-order valence-corrected chi connectivity index (χ4v) is 5.26. The normalized spacial score (nSPS) is 16.6. The molecule has 0 saturated heterocycles. The number of ether oxygens (including phenoxy) is 3. The van der Waals surface area contributed by atoms with Crippen LogP contribution in [0.1, 0.15) is 34.9 Å². The number of nitrogens with one attached hydrogen (secondary N) is 1. The number of methoxy groups -OCH3 is 1. The van der Waals surface area contributed by atoms with Crippen LogP contribution in [0.4, 0.5) is 5.13 Å². The third-order valence-corrected chi connectivity index (χ3v) is 7.04. The summed E-state index contributed by atoms with van der Waals surface area (Å²) in [5.74, 6) is 2.21. The number of thiazole rings is 1. The average Bonchev–Trinajstić information content (AvgIpc) is 3.26. The van der Waals surface area contributed by atoms with Gasteiger partial charge in [-0.05, 0) is 50.7 Å². The number of aromatic nitrogens is 1. The minimum Gasteiger partial charge on any atom is -0.496 e. The Morgan fingerprint density at radius 3 is 2.72 bits per heavy atom. The van der Waals surface area contributed by atoms with Crippen LogP contribution in [0.3, 0.4) is 0 Å². The first kappa shape index (κ1) is 20.8. The lowest BCUT2D eigenvalue weighted by Gasteiger charge is -2.25. The number of rotatable bonds is 7. The molecule has 0 spiro atoms. The maximum Gasteiger partial charge on any atom is 0.236 e. The van der Waals surface area contributed by atoms with Crippen LogP contribution in [0.5, 0.6) is 17.2 Å². The second-order valence-electron chi connectivity index (χ2n) is 8.28. The molecular weight excluding hydrogens is 426 g/mol. The molecule has 1 aliphatic carbocycles. The van der Waals surface area contributed by atoms with Crippen molar-refractivity contribution in [3.63, 3.8) is 0 Å². The lowest BCUT2D eigenvalue weighted by atomic mass is 9.94. The van der Waals surface area contributed by atoms with Gasteiger partial charge in [0, 0.05) is 16.6 Å². The maximum absolute atomic E-state index is 13.2. The Hall–Kier alpha value is -3.10. The van der Waals surface area contributed by atoms with Crippen molar-refractivity contribution in [3.05, 3.63) is 64.7 Å². The van der Waals surface area contributed by atoms with Crippen molar-refractivity contribution >= 4 is 22.4 Å². The third kappa shape index (κ3) is 3.59. The largest absolute Gasteiger partial charge is 0.496 e. The number of anilines is 1. The summed E-state index contributed by atoms with van der Waals surface area (Å²) >= 11 is 1.49. The number of fused-ring (bicyclic) bond motifs is 1. The molecule has 8 heteroatoms. The van der Waals surface area contributed by atoms with Gasteiger partial charge in [-0.15, -0.1) is 0 Å². The number of amides is 1. The van der Waals surface area contributed by atoms with Crippen molar-refractivity contribution in [2.24, 2.45) is 0 Å². The number of carbonyl (C=O) groups is 1. The number of carbonyl (C=O) groups excluding carboxylic acids is 1. The van der Waals surface area contributed by atoms with Crippen LogP contribution in [0.15, 0.2) is 48.7 Å². The molecule has 2 aliphatic rings. The zero-order valence-corrected chi connectivity index (χ0v) is 19.1. The number of hydrogen-bond acceptors (Lipinski definition) is 7. The van der Waals surface area contributed by atoms with Gasteiger partial charge in [-0.3, -0.25) is 9.69 Å². The number of hydrogen-bond donors (Lipinski definition) is 1. The topological polar surface area (TPSA) is 72.9 Å². The molecule has 2 aromatic carbocycles. The van der Waals surface area contributed by atoms with E-state index in [1.54, 1.807) is 7.11 Å². The molecule has 5 rings (SSSR count). The van der Waals surface area contributed by atoms with Gasteiger partial charge in [-0.2, -0.15) is 0 Å². The average molecular weight is 452 g/mol. The van der Waals surface area contributed by atoms with Gasteiger partial charge in [0.1, 0.15) is 5.75 Å². The number of para-hydroxylation sites is 1. The van der Waals surface area contributed by atoms with Crippen molar-refractivity contribution in [1.29, 1.82) is 0 Å². The van der Waals surface area contributed by atoms with Crippen LogP contribution in [0, 0.1) is 0 Å². The van der Waals surface area contributed by atoms with Crippen LogP contribution in [-0.2, 0) is 10.2 Å². The van der Waals surface area contributed by atoms with Gasteiger partial charge < -0.3 is 19.5 Å². The Kier molecular flexibility index (Phi) is 5.27. The predicted molar refractivity (Wildman–Crippen MR) is 123 cm³/mol. The standard InChI is InChI=1S/C24H25N3O4S/c1-27(2)21(16-6-4-5-7-17(16)29-3)20-13-25-23(32-20)26-22(28)24(10-11-24)15-8-9-18-19(12-15)31-14-30-18/h4-9,12-13,21H,10-11,14H2,1-3H3,(H,25,26,28). The molecule has 166 valence electrons. The highest BCUT2D eigenvalue weighted by molar-refractivity contribution is 7.15. The minimum atomic E-state index is -0.531. The molecular formula is C24H25N3O4S. The van der Waals surface area contributed by atoms with Crippen molar-refractivity contribution < 1.29 is 19.0 Å². The minimum absolute atomic E-state index is 0.0296. The van der Waals surface area contributed by atoms with Gasteiger partial charge in [-0.25, -0.2) is 4.98 Å². The first-order valence-corrected chi connectivity index (χ1v) is 11.3. The molecule has 1 atom stereocenters. The van der Waals surface area contributed by atoms with Crippen LogP contribution in [-0.4, -0.2) is 43.8 Å². The van der Waals surface area contributed by atoms with Crippen molar-refractivity contribution in [2.75, 3.05) is 33.3 Å². The van der Waals surface area contributed by atoms with E-state index in [0.717, 1.165) is 40.3 Å². The van der Waals surface area contributed by atoms with E-state index in [4.69, 9.17) is 14.2 Å². The Morgan fingerprint density at radius 1 is 1.19 bits per heavy atom. The van der Waals surface area contributed by atoms with Gasteiger partial charge in [0.05, 0.1) is 18.6 Å². The molecule has 0 bridgehead atoms. The SMILES string of the molecule is COc1ccccc1C(c1cnc(NC(=O)C2(c3ccc4c(c3)OCO4)CC2)s1)N(C)C. The maximum atomic E-state index is 13.2.